The Bertz CT molecular complexity index is 812. The molecule has 0 aromatic heterocycles. The number of esters is 2. The van der Waals surface area contributed by atoms with Crippen molar-refractivity contribution in [2.75, 3.05) is 33.0 Å². The minimum absolute atomic E-state index is 0.123. The van der Waals surface area contributed by atoms with Crippen LogP contribution in [0, 0.1) is 0 Å². The van der Waals surface area contributed by atoms with Gasteiger partial charge in [-0.3, -0.25) is 14.4 Å². The molecule has 8 nitrogen and oxygen atoms in total. The molecule has 0 radical (unpaired) electrons. The lowest BCUT2D eigenvalue weighted by atomic mass is 10.2. The molecule has 32 heavy (non-hydrogen) atoms. The molecular formula is C24H29NO7. The van der Waals surface area contributed by atoms with Crippen LogP contribution >= 0.6 is 0 Å². The summed E-state index contributed by atoms with van der Waals surface area (Å²) in [6.45, 7) is 1.27. The third kappa shape index (κ3) is 11.8. The first-order valence-electron chi connectivity index (χ1n) is 10.4. The number of carbonyl (C=O) groups excluding carboxylic acids is 3. The van der Waals surface area contributed by atoms with Crippen molar-refractivity contribution in [3.63, 3.8) is 0 Å². The molecule has 0 fully saturated rings. The Morgan fingerprint density at radius 2 is 1.12 bits per heavy atom. The van der Waals surface area contributed by atoms with Crippen LogP contribution < -0.4 is 5.32 Å². The lowest BCUT2D eigenvalue weighted by Gasteiger charge is -2.08. The first-order valence-corrected chi connectivity index (χ1v) is 10.4. The molecule has 0 unspecified atom stereocenters. The predicted octanol–water partition coefficient (Wildman–Crippen LogP) is 2.40. The standard InChI is InChI=1S/C24H29NO7/c26-22(25-17-24(28)32-19-21-9-5-2-6-10-21)11-13-29-15-16-30-14-12-23(27)31-18-20-7-3-1-4-8-20/h1-10H,11-19H2,(H,25,26). The van der Waals surface area contributed by atoms with E-state index < -0.39 is 5.97 Å². The van der Waals surface area contributed by atoms with Gasteiger partial charge in [-0.05, 0) is 11.1 Å². The second-order valence-corrected chi connectivity index (χ2v) is 6.79. The highest BCUT2D eigenvalue weighted by Gasteiger charge is 2.07. The van der Waals surface area contributed by atoms with E-state index in [9.17, 15) is 14.4 Å². The molecule has 0 heterocycles. The van der Waals surface area contributed by atoms with Gasteiger partial charge >= 0.3 is 11.9 Å². The van der Waals surface area contributed by atoms with E-state index in [1.807, 2.05) is 60.7 Å². The highest BCUT2D eigenvalue weighted by Crippen LogP contribution is 2.02. The summed E-state index contributed by atoms with van der Waals surface area (Å²) < 4.78 is 20.9. The number of hydrogen-bond donors (Lipinski definition) is 1. The fourth-order valence-electron chi connectivity index (χ4n) is 2.50. The lowest BCUT2D eigenvalue weighted by molar-refractivity contribution is -0.146. The maximum atomic E-state index is 11.7. The van der Waals surface area contributed by atoms with Gasteiger partial charge in [0.05, 0.1) is 32.8 Å². The number of benzene rings is 2. The Hall–Kier alpha value is -3.23. The van der Waals surface area contributed by atoms with Crippen molar-refractivity contribution < 1.29 is 33.3 Å². The largest absolute Gasteiger partial charge is 0.461 e. The minimum atomic E-state index is -0.501. The molecule has 2 aromatic rings. The van der Waals surface area contributed by atoms with Crippen LogP contribution in [-0.4, -0.2) is 50.8 Å². The molecule has 0 bridgehead atoms. The number of amides is 1. The average molecular weight is 443 g/mol. The number of nitrogens with one attached hydrogen (secondary N) is 1. The highest BCUT2D eigenvalue weighted by atomic mass is 16.5. The van der Waals surface area contributed by atoms with E-state index in [-0.39, 0.29) is 57.7 Å². The molecule has 0 aliphatic carbocycles. The number of carbonyl (C=O) groups is 3. The molecule has 0 saturated heterocycles. The van der Waals surface area contributed by atoms with E-state index in [1.54, 1.807) is 0 Å². The maximum absolute atomic E-state index is 11.7. The first-order chi connectivity index (χ1) is 15.6. The van der Waals surface area contributed by atoms with Gasteiger partial charge in [0, 0.05) is 6.42 Å². The van der Waals surface area contributed by atoms with Crippen LogP contribution in [0.1, 0.15) is 24.0 Å². The zero-order valence-corrected chi connectivity index (χ0v) is 18.0. The van der Waals surface area contributed by atoms with E-state index >= 15 is 0 Å². The van der Waals surface area contributed by atoms with E-state index in [0.29, 0.717) is 13.2 Å². The summed E-state index contributed by atoms with van der Waals surface area (Å²) in [4.78, 5) is 35.0. The van der Waals surface area contributed by atoms with Crippen LogP contribution in [0.15, 0.2) is 60.7 Å². The maximum Gasteiger partial charge on any atom is 0.325 e. The van der Waals surface area contributed by atoms with Gasteiger partial charge in [0.1, 0.15) is 19.8 Å². The molecule has 1 N–H and O–H groups in total. The third-order valence-electron chi connectivity index (χ3n) is 4.21. The van der Waals surface area contributed by atoms with Gasteiger partial charge in [-0.15, -0.1) is 0 Å². The third-order valence-corrected chi connectivity index (χ3v) is 4.21. The van der Waals surface area contributed by atoms with E-state index in [2.05, 4.69) is 5.32 Å². The summed E-state index contributed by atoms with van der Waals surface area (Å²) in [6.07, 6.45) is 0.285. The SMILES string of the molecule is O=C(CCOCCOCCC(=O)OCc1ccccc1)NCC(=O)OCc1ccccc1. The quantitative estimate of drug-likeness (QED) is 0.333. The molecule has 0 aliphatic rings. The summed E-state index contributed by atoms with van der Waals surface area (Å²) in [6, 6.07) is 18.7. The van der Waals surface area contributed by atoms with Crippen molar-refractivity contribution in [3.8, 4) is 0 Å². The topological polar surface area (TPSA) is 100 Å². The Balaban J connectivity index is 1.38. The van der Waals surface area contributed by atoms with Crippen molar-refractivity contribution in [1.29, 1.82) is 0 Å². The van der Waals surface area contributed by atoms with Crippen LogP contribution in [0.25, 0.3) is 0 Å². The van der Waals surface area contributed by atoms with Crippen LogP contribution in [0.3, 0.4) is 0 Å². The van der Waals surface area contributed by atoms with Gasteiger partial charge in [-0.25, -0.2) is 0 Å². The van der Waals surface area contributed by atoms with Gasteiger partial charge in [-0.2, -0.15) is 0 Å². The molecule has 0 atom stereocenters. The van der Waals surface area contributed by atoms with Gasteiger partial charge < -0.3 is 24.3 Å². The van der Waals surface area contributed by atoms with Crippen molar-refractivity contribution in [2.24, 2.45) is 0 Å². The molecule has 0 spiro atoms. The van der Waals surface area contributed by atoms with Crippen molar-refractivity contribution in [2.45, 2.75) is 26.1 Å². The Labute approximate surface area is 187 Å². The zero-order valence-electron chi connectivity index (χ0n) is 18.0. The molecule has 8 heteroatoms. The smallest absolute Gasteiger partial charge is 0.325 e. The second kappa shape index (κ2) is 15.6. The molecular weight excluding hydrogens is 414 g/mol. The van der Waals surface area contributed by atoms with Crippen LogP contribution in [0.2, 0.25) is 0 Å². The van der Waals surface area contributed by atoms with Crippen molar-refractivity contribution in [3.05, 3.63) is 71.8 Å². The highest BCUT2D eigenvalue weighted by molar-refractivity contribution is 5.81. The van der Waals surface area contributed by atoms with Crippen molar-refractivity contribution in [1.82, 2.24) is 5.32 Å². The fourth-order valence-corrected chi connectivity index (χ4v) is 2.50. The summed E-state index contributed by atoms with van der Waals surface area (Å²) in [7, 11) is 0. The zero-order chi connectivity index (χ0) is 22.9. The second-order valence-electron chi connectivity index (χ2n) is 6.79. The van der Waals surface area contributed by atoms with Gasteiger partial charge in [-0.1, -0.05) is 60.7 Å². The summed E-state index contributed by atoms with van der Waals surface area (Å²) >= 11 is 0. The first kappa shape index (κ1) is 25.0. The summed E-state index contributed by atoms with van der Waals surface area (Å²) in [5.74, 6) is -1.13. The fraction of sp³-hybridized carbons (Fsp3) is 0.375. The Morgan fingerprint density at radius 1 is 0.625 bits per heavy atom. The Kier molecular flexibility index (Phi) is 12.2. The number of rotatable bonds is 15. The number of hydrogen-bond acceptors (Lipinski definition) is 7. The normalized spacial score (nSPS) is 10.4. The van der Waals surface area contributed by atoms with Crippen LogP contribution in [0.5, 0.6) is 0 Å². The summed E-state index contributed by atoms with van der Waals surface area (Å²) in [5, 5.41) is 2.49. The van der Waals surface area contributed by atoms with Crippen LogP contribution in [0.4, 0.5) is 0 Å². The van der Waals surface area contributed by atoms with E-state index in [1.165, 1.54) is 0 Å². The van der Waals surface area contributed by atoms with Gasteiger partial charge in [0.15, 0.2) is 0 Å². The number of ether oxygens (including phenoxy) is 4. The van der Waals surface area contributed by atoms with Crippen molar-refractivity contribution >= 4 is 17.8 Å². The molecule has 172 valence electrons. The molecule has 0 saturated carbocycles. The average Bonchev–Trinajstić information content (AvgIpc) is 2.83. The molecule has 0 aliphatic heterocycles. The Morgan fingerprint density at radius 3 is 1.69 bits per heavy atom. The lowest BCUT2D eigenvalue weighted by Crippen LogP contribution is -2.31. The molecule has 1 amide bonds. The minimum Gasteiger partial charge on any atom is -0.461 e. The molecule has 2 aromatic carbocycles. The van der Waals surface area contributed by atoms with Gasteiger partial charge in [0.25, 0.3) is 0 Å². The van der Waals surface area contributed by atoms with E-state index in [4.69, 9.17) is 18.9 Å². The van der Waals surface area contributed by atoms with E-state index in [0.717, 1.165) is 11.1 Å². The predicted molar refractivity (Wildman–Crippen MR) is 116 cm³/mol. The van der Waals surface area contributed by atoms with Crippen LogP contribution in [-0.2, 0) is 46.5 Å². The van der Waals surface area contributed by atoms with Gasteiger partial charge in [0.2, 0.25) is 5.91 Å². The molecule has 2 rings (SSSR count). The summed E-state index contributed by atoms with van der Waals surface area (Å²) in [5.41, 5.74) is 1.81. The monoisotopic (exact) mass is 443 g/mol.